The second-order valence-electron chi connectivity index (χ2n) is 3.67. The Balaban J connectivity index is 2.48. The zero-order valence-electron chi connectivity index (χ0n) is 9.00. The third-order valence-corrected chi connectivity index (χ3v) is 3.46. The fourth-order valence-electron chi connectivity index (χ4n) is 1.57. The Morgan fingerprint density at radius 2 is 1.88 bits per heavy atom. The summed E-state index contributed by atoms with van der Waals surface area (Å²) >= 11 is 9.33. The number of amides is 2. The molecule has 1 aromatic rings. The Morgan fingerprint density at radius 3 is 2.47 bits per heavy atom. The molecule has 6 heteroatoms. The van der Waals surface area contributed by atoms with Gasteiger partial charge in [0.2, 0.25) is 0 Å². The minimum atomic E-state index is -0.387. The van der Waals surface area contributed by atoms with E-state index in [4.69, 9.17) is 16.3 Å². The lowest BCUT2D eigenvalue weighted by molar-refractivity contribution is -0.138. The van der Waals surface area contributed by atoms with Gasteiger partial charge in [-0.2, -0.15) is 0 Å². The zero-order chi connectivity index (χ0) is 12.6. The highest BCUT2D eigenvalue weighted by Gasteiger charge is 2.29. The van der Waals surface area contributed by atoms with Crippen molar-refractivity contribution in [2.24, 2.45) is 0 Å². The van der Waals surface area contributed by atoms with Crippen LogP contribution in [0.2, 0.25) is 5.02 Å². The number of benzene rings is 1. The fourth-order valence-corrected chi connectivity index (χ4v) is 2.36. The molecule has 0 spiro atoms. The number of hydrogen-bond acceptors (Lipinski definition) is 3. The maximum absolute atomic E-state index is 11.7. The number of ether oxygens (including phenoxy) is 1. The molecule has 1 heterocycles. The third kappa shape index (κ3) is 2.36. The fraction of sp³-hybridized carbons (Fsp3) is 0.273. The molecule has 17 heavy (non-hydrogen) atoms. The summed E-state index contributed by atoms with van der Waals surface area (Å²) in [5.74, 6) is -0.774. The minimum absolute atomic E-state index is 0.0936. The van der Waals surface area contributed by atoms with Crippen molar-refractivity contribution in [3.8, 4) is 0 Å². The van der Waals surface area contributed by atoms with E-state index in [9.17, 15) is 9.59 Å². The Morgan fingerprint density at radius 1 is 1.29 bits per heavy atom. The summed E-state index contributed by atoms with van der Waals surface area (Å²) in [5.41, 5.74) is 1.33. The van der Waals surface area contributed by atoms with Crippen LogP contribution in [0.25, 0.3) is 0 Å². The molecule has 1 saturated heterocycles. The SMILES string of the molecule is Cc1cc(Br)c(N2C(=O)COCC2=O)cc1Cl. The Bertz CT molecular complexity index is 488. The number of hydrogen-bond donors (Lipinski definition) is 0. The van der Waals surface area contributed by atoms with E-state index >= 15 is 0 Å². The molecule has 90 valence electrons. The summed E-state index contributed by atoms with van der Waals surface area (Å²) < 4.78 is 5.51. The minimum Gasteiger partial charge on any atom is -0.362 e. The van der Waals surface area contributed by atoms with Gasteiger partial charge >= 0.3 is 0 Å². The van der Waals surface area contributed by atoms with Crippen molar-refractivity contribution in [2.75, 3.05) is 18.1 Å². The largest absolute Gasteiger partial charge is 0.362 e. The number of imide groups is 1. The molecule has 0 aromatic heterocycles. The Kier molecular flexibility index (Phi) is 3.51. The van der Waals surface area contributed by atoms with Crippen LogP contribution in [0.1, 0.15) is 5.56 Å². The molecule has 0 radical (unpaired) electrons. The Hall–Kier alpha value is -0.910. The molecule has 2 rings (SSSR count). The summed E-state index contributed by atoms with van der Waals surface area (Å²) in [6, 6.07) is 3.37. The van der Waals surface area contributed by atoms with Gasteiger partial charge in [-0.05, 0) is 40.5 Å². The average Bonchev–Trinajstić information content (AvgIpc) is 2.25. The van der Waals surface area contributed by atoms with Crippen LogP contribution in [0.4, 0.5) is 5.69 Å². The lowest BCUT2D eigenvalue weighted by Crippen LogP contribution is -2.46. The highest BCUT2D eigenvalue weighted by Crippen LogP contribution is 2.32. The van der Waals surface area contributed by atoms with Crippen LogP contribution < -0.4 is 4.90 Å². The molecule has 1 fully saturated rings. The summed E-state index contributed by atoms with van der Waals surface area (Å²) in [5, 5.41) is 0.510. The molecule has 0 unspecified atom stereocenters. The number of rotatable bonds is 1. The molecular weight excluding hydrogens is 309 g/mol. The molecule has 1 aromatic carbocycles. The van der Waals surface area contributed by atoms with E-state index in [0.29, 0.717) is 15.2 Å². The summed E-state index contributed by atoms with van der Waals surface area (Å²) in [7, 11) is 0. The molecule has 0 aliphatic carbocycles. The standard InChI is InChI=1S/C11H9BrClNO3/c1-6-2-7(12)9(3-8(6)13)14-10(15)4-17-5-11(14)16/h2-3H,4-5H2,1H3. The monoisotopic (exact) mass is 317 g/mol. The number of morpholine rings is 1. The molecule has 1 aliphatic rings. The normalized spacial score (nSPS) is 16.5. The number of carbonyl (C=O) groups is 2. The summed E-state index contributed by atoms with van der Waals surface area (Å²) in [6.07, 6.45) is 0. The molecular formula is C11H9BrClNO3. The molecule has 0 saturated carbocycles. The zero-order valence-corrected chi connectivity index (χ0v) is 11.3. The highest BCUT2D eigenvalue weighted by molar-refractivity contribution is 9.10. The van der Waals surface area contributed by atoms with Crippen LogP contribution in [-0.2, 0) is 14.3 Å². The van der Waals surface area contributed by atoms with Gasteiger partial charge in [-0.15, -0.1) is 0 Å². The maximum Gasteiger partial charge on any atom is 0.259 e. The second kappa shape index (κ2) is 4.76. The van der Waals surface area contributed by atoms with E-state index < -0.39 is 0 Å². The van der Waals surface area contributed by atoms with Crippen molar-refractivity contribution in [3.05, 3.63) is 27.2 Å². The topological polar surface area (TPSA) is 46.6 Å². The van der Waals surface area contributed by atoms with Gasteiger partial charge in [0.05, 0.1) is 5.69 Å². The molecule has 2 amide bonds. The second-order valence-corrected chi connectivity index (χ2v) is 4.93. The van der Waals surface area contributed by atoms with Crippen LogP contribution in [0, 0.1) is 6.92 Å². The number of aryl methyl sites for hydroxylation is 1. The van der Waals surface area contributed by atoms with Crippen molar-refractivity contribution >= 4 is 45.0 Å². The molecule has 4 nitrogen and oxygen atoms in total. The quantitative estimate of drug-likeness (QED) is 0.747. The Labute approximate surface area is 112 Å². The number of nitrogens with zero attached hydrogens (tertiary/aromatic N) is 1. The van der Waals surface area contributed by atoms with Gasteiger partial charge in [-0.25, -0.2) is 4.90 Å². The van der Waals surface area contributed by atoms with Crippen LogP contribution in [0.3, 0.4) is 0 Å². The summed E-state index contributed by atoms with van der Waals surface area (Å²) in [4.78, 5) is 24.4. The smallest absolute Gasteiger partial charge is 0.259 e. The van der Waals surface area contributed by atoms with Gasteiger partial charge in [0.25, 0.3) is 11.8 Å². The molecule has 1 aliphatic heterocycles. The van der Waals surface area contributed by atoms with Crippen molar-refractivity contribution in [1.29, 1.82) is 0 Å². The van der Waals surface area contributed by atoms with E-state index in [1.54, 1.807) is 12.1 Å². The van der Waals surface area contributed by atoms with Crippen molar-refractivity contribution < 1.29 is 14.3 Å². The van der Waals surface area contributed by atoms with Crippen LogP contribution in [0.15, 0.2) is 16.6 Å². The van der Waals surface area contributed by atoms with Crippen LogP contribution in [0.5, 0.6) is 0 Å². The van der Waals surface area contributed by atoms with Gasteiger partial charge in [0.15, 0.2) is 0 Å². The van der Waals surface area contributed by atoms with Crippen molar-refractivity contribution in [1.82, 2.24) is 0 Å². The highest BCUT2D eigenvalue weighted by atomic mass is 79.9. The van der Waals surface area contributed by atoms with Gasteiger partial charge in [0, 0.05) is 9.50 Å². The van der Waals surface area contributed by atoms with E-state index in [-0.39, 0.29) is 25.0 Å². The first-order chi connectivity index (χ1) is 8.00. The maximum atomic E-state index is 11.7. The van der Waals surface area contributed by atoms with Gasteiger partial charge < -0.3 is 4.74 Å². The average molecular weight is 319 g/mol. The van der Waals surface area contributed by atoms with Crippen molar-refractivity contribution in [3.63, 3.8) is 0 Å². The number of halogens is 2. The lowest BCUT2D eigenvalue weighted by Gasteiger charge is -2.26. The van der Waals surface area contributed by atoms with E-state index in [1.807, 2.05) is 6.92 Å². The van der Waals surface area contributed by atoms with Crippen LogP contribution in [-0.4, -0.2) is 25.0 Å². The van der Waals surface area contributed by atoms with E-state index in [1.165, 1.54) is 0 Å². The van der Waals surface area contributed by atoms with Gasteiger partial charge in [-0.1, -0.05) is 11.6 Å². The molecule has 0 N–H and O–H groups in total. The van der Waals surface area contributed by atoms with Gasteiger partial charge in [-0.3, -0.25) is 9.59 Å². The first kappa shape index (κ1) is 12.5. The third-order valence-electron chi connectivity index (χ3n) is 2.42. The predicted octanol–water partition coefficient (Wildman–Crippen LogP) is 2.30. The first-order valence-electron chi connectivity index (χ1n) is 4.90. The van der Waals surface area contributed by atoms with Crippen LogP contribution >= 0.6 is 27.5 Å². The predicted molar refractivity (Wildman–Crippen MR) is 67.2 cm³/mol. The number of anilines is 1. The summed E-state index contributed by atoms with van der Waals surface area (Å²) in [6.45, 7) is 1.66. The van der Waals surface area contributed by atoms with E-state index in [2.05, 4.69) is 15.9 Å². The van der Waals surface area contributed by atoms with Gasteiger partial charge in [0.1, 0.15) is 13.2 Å². The first-order valence-corrected chi connectivity index (χ1v) is 6.07. The molecule has 0 bridgehead atoms. The molecule has 0 atom stereocenters. The number of carbonyl (C=O) groups excluding carboxylic acids is 2. The van der Waals surface area contributed by atoms with Crippen molar-refractivity contribution in [2.45, 2.75) is 6.92 Å². The van der Waals surface area contributed by atoms with E-state index in [0.717, 1.165) is 10.5 Å². The lowest BCUT2D eigenvalue weighted by atomic mass is 10.2.